The van der Waals surface area contributed by atoms with Crippen LogP contribution < -0.4 is 14.8 Å². The number of hydrogen-bond acceptors (Lipinski definition) is 6. The van der Waals surface area contributed by atoms with E-state index in [2.05, 4.69) is 5.32 Å². The summed E-state index contributed by atoms with van der Waals surface area (Å²) < 4.78 is 15.4. The Morgan fingerprint density at radius 1 is 1.04 bits per heavy atom. The lowest BCUT2D eigenvalue weighted by atomic mass is 10.2. The van der Waals surface area contributed by atoms with Crippen molar-refractivity contribution in [3.8, 4) is 17.6 Å². The number of amides is 1. The van der Waals surface area contributed by atoms with Gasteiger partial charge in [0.1, 0.15) is 0 Å². The van der Waals surface area contributed by atoms with Crippen LogP contribution in [-0.2, 0) is 9.53 Å². The van der Waals surface area contributed by atoms with Crippen LogP contribution >= 0.6 is 0 Å². The number of nitrogens with one attached hydrogen (secondary N) is 1. The molecular formula is C19H18N2O5. The molecule has 0 saturated heterocycles. The molecule has 0 heterocycles. The van der Waals surface area contributed by atoms with Gasteiger partial charge in [-0.1, -0.05) is 0 Å². The molecule has 0 fully saturated rings. The molecule has 1 N–H and O–H groups in total. The summed E-state index contributed by atoms with van der Waals surface area (Å²) in [6, 6.07) is 12.9. The molecular weight excluding hydrogens is 336 g/mol. The molecule has 134 valence electrons. The SMILES string of the molecule is COc1ccc(C(=O)O[C@H](C)C(=O)Nc2ccc(C#N)cc2)cc1OC. The average Bonchev–Trinajstić information content (AvgIpc) is 2.67. The van der Waals surface area contributed by atoms with E-state index in [9.17, 15) is 9.59 Å². The van der Waals surface area contributed by atoms with Crippen molar-refractivity contribution in [1.29, 1.82) is 5.26 Å². The van der Waals surface area contributed by atoms with E-state index in [1.54, 1.807) is 30.3 Å². The molecule has 0 unspecified atom stereocenters. The first kappa shape index (κ1) is 18.8. The minimum atomic E-state index is -1.01. The zero-order valence-corrected chi connectivity index (χ0v) is 14.6. The molecule has 0 radical (unpaired) electrons. The number of carbonyl (C=O) groups excluding carboxylic acids is 2. The summed E-state index contributed by atoms with van der Waals surface area (Å²) in [5.74, 6) is -0.274. The summed E-state index contributed by atoms with van der Waals surface area (Å²) in [6.07, 6.45) is -1.01. The van der Waals surface area contributed by atoms with Crippen molar-refractivity contribution in [3.05, 3.63) is 53.6 Å². The maximum absolute atomic E-state index is 12.2. The lowest BCUT2D eigenvalue weighted by molar-refractivity contribution is -0.123. The van der Waals surface area contributed by atoms with Crippen molar-refractivity contribution < 1.29 is 23.8 Å². The first-order valence-corrected chi connectivity index (χ1v) is 7.72. The maximum atomic E-state index is 12.2. The van der Waals surface area contributed by atoms with Crippen molar-refractivity contribution in [2.75, 3.05) is 19.5 Å². The Kier molecular flexibility index (Phi) is 6.17. The molecule has 2 rings (SSSR count). The third-order valence-electron chi connectivity index (χ3n) is 3.55. The molecule has 0 bridgehead atoms. The number of rotatable bonds is 6. The molecule has 7 nitrogen and oxygen atoms in total. The monoisotopic (exact) mass is 354 g/mol. The van der Waals surface area contributed by atoms with Crippen molar-refractivity contribution in [2.45, 2.75) is 13.0 Å². The lowest BCUT2D eigenvalue weighted by Gasteiger charge is -2.14. The van der Waals surface area contributed by atoms with Crippen molar-refractivity contribution in [1.82, 2.24) is 0 Å². The normalized spacial score (nSPS) is 11.0. The largest absolute Gasteiger partial charge is 0.493 e. The number of carbonyl (C=O) groups is 2. The van der Waals surface area contributed by atoms with Crippen molar-refractivity contribution >= 4 is 17.6 Å². The van der Waals surface area contributed by atoms with Gasteiger partial charge in [-0.2, -0.15) is 5.26 Å². The predicted molar refractivity (Wildman–Crippen MR) is 94.2 cm³/mol. The molecule has 0 saturated carbocycles. The summed E-state index contributed by atoms with van der Waals surface area (Å²) in [5.41, 5.74) is 1.22. The Morgan fingerprint density at radius 3 is 2.27 bits per heavy atom. The first-order valence-electron chi connectivity index (χ1n) is 7.72. The zero-order chi connectivity index (χ0) is 19.1. The van der Waals surface area contributed by atoms with Gasteiger partial charge in [0.25, 0.3) is 5.91 Å². The Hall–Kier alpha value is -3.53. The number of benzene rings is 2. The van der Waals surface area contributed by atoms with Gasteiger partial charge in [-0.25, -0.2) is 4.79 Å². The molecule has 7 heteroatoms. The van der Waals surface area contributed by atoms with Crippen LogP contribution in [0.5, 0.6) is 11.5 Å². The van der Waals surface area contributed by atoms with Gasteiger partial charge >= 0.3 is 5.97 Å². The Balaban J connectivity index is 2.01. The van der Waals surface area contributed by atoms with E-state index < -0.39 is 18.0 Å². The van der Waals surface area contributed by atoms with E-state index in [0.717, 1.165) is 0 Å². The molecule has 0 aliphatic heterocycles. The number of methoxy groups -OCH3 is 2. The summed E-state index contributed by atoms with van der Waals surface area (Å²) in [6.45, 7) is 1.47. The highest BCUT2D eigenvalue weighted by Gasteiger charge is 2.20. The topological polar surface area (TPSA) is 97.6 Å². The van der Waals surface area contributed by atoms with Gasteiger partial charge in [-0.05, 0) is 49.4 Å². The lowest BCUT2D eigenvalue weighted by Crippen LogP contribution is -2.30. The molecule has 2 aromatic carbocycles. The van der Waals surface area contributed by atoms with Crippen LogP contribution in [0, 0.1) is 11.3 Å². The van der Waals surface area contributed by atoms with Gasteiger partial charge in [0.05, 0.1) is 31.4 Å². The van der Waals surface area contributed by atoms with E-state index in [4.69, 9.17) is 19.5 Å². The number of ether oxygens (including phenoxy) is 3. The van der Waals surface area contributed by atoms with Crippen LogP contribution in [0.25, 0.3) is 0 Å². The Bertz CT molecular complexity index is 840. The highest BCUT2D eigenvalue weighted by atomic mass is 16.5. The standard InChI is InChI=1S/C19H18N2O5/c1-12(18(22)21-15-7-4-13(11-20)5-8-15)26-19(23)14-6-9-16(24-2)17(10-14)25-3/h4-10,12H,1-3H3,(H,21,22)/t12-/m1/s1. The third-order valence-corrected chi connectivity index (χ3v) is 3.55. The Morgan fingerprint density at radius 2 is 1.69 bits per heavy atom. The fourth-order valence-corrected chi connectivity index (χ4v) is 2.12. The second-order valence-electron chi connectivity index (χ2n) is 5.30. The van der Waals surface area contributed by atoms with Crippen molar-refractivity contribution in [2.24, 2.45) is 0 Å². The highest BCUT2D eigenvalue weighted by Crippen LogP contribution is 2.28. The smallest absolute Gasteiger partial charge is 0.339 e. The average molecular weight is 354 g/mol. The second-order valence-corrected chi connectivity index (χ2v) is 5.30. The van der Waals surface area contributed by atoms with Gasteiger partial charge in [0, 0.05) is 5.69 Å². The summed E-state index contributed by atoms with van der Waals surface area (Å²) in [5, 5.41) is 11.4. The number of anilines is 1. The number of nitriles is 1. The molecule has 0 aromatic heterocycles. The molecule has 1 atom stereocenters. The molecule has 1 amide bonds. The number of hydrogen-bond donors (Lipinski definition) is 1. The first-order chi connectivity index (χ1) is 12.5. The van der Waals surface area contributed by atoms with E-state index >= 15 is 0 Å². The van der Waals surface area contributed by atoms with Crippen LogP contribution in [0.1, 0.15) is 22.8 Å². The van der Waals surface area contributed by atoms with Crippen LogP contribution in [0.2, 0.25) is 0 Å². The van der Waals surface area contributed by atoms with Gasteiger partial charge in [0.15, 0.2) is 17.6 Å². The highest BCUT2D eigenvalue weighted by molar-refractivity contribution is 5.97. The quantitative estimate of drug-likeness (QED) is 0.801. The minimum absolute atomic E-state index is 0.237. The van der Waals surface area contributed by atoms with Gasteiger partial charge in [-0.3, -0.25) is 4.79 Å². The summed E-state index contributed by atoms with van der Waals surface area (Å²) >= 11 is 0. The fourth-order valence-electron chi connectivity index (χ4n) is 2.12. The van der Waals surface area contributed by atoms with Crippen LogP contribution in [0.4, 0.5) is 5.69 Å². The molecule has 0 aliphatic rings. The minimum Gasteiger partial charge on any atom is -0.493 e. The number of esters is 1. The summed E-state index contributed by atoms with van der Waals surface area (Å²) in [4.78, 5) is 24.4. The van der Waals surface area contributed by atoms with E-state index in [0.29, 0.717) is 22.7 Å². The molecule has 26 heavy (non-hydrogen) atoms. The van der Waals surface area contributed by atoms with Gasteiger partial charge in [-0.15, -0.1) is 0 Å². The molecule has 0 aliphatic carbocycles. The van der Waals surface area contributed by atoms with Gasteiger partial charge in [0.2, 0.25) is 0 Å². The molecule has 2 aromatic rings. The zero-order valence-electron chi connectivity index (χ0n) is 14.6. The van der Waals surface area contributed by atoms with E-state index in [-0.39, 0.29) is 5.56 Å². The second kappa shape index (κ2) is 8.53. The maximum Gasteiger partial charge on any atom is 0.339 e. The third kappa shape index (κ3) is 4.51. The van der Waals surface area contributed by atoms with E-state index in [1.165, 1.54) is 33.3 Å². The van der Waals surface area contributed by atoms with Gasteiger partial charge < -0.3 is 19.5 Å². The van der Waals surface area contributed by atoms with E-state index in [1.807, 2.05) is 6.07 Å². The summed E-state index contributed by atoms with van der Waals surface area (Å²) in [7, 11) is 2.95. The molecule has 0 spiro atoms. The van der Waals surface area contributed by atoms with Crippen LogP contribution in [-0.4, -0.2) is 32.2 Å². The Labute approximate surface area is 151 Å². The fraction of sp³-hybridized carbons (Fsp3) is 0.211. The van der Waals surface area contributed by atoms with Crippen molar-refractivity contribution in [3.63, 3.8) is 0 Å². The predicted octanol–water partition coefficient (Wildman–Crippen LogP) is 2.76. The van der Waals surface area contributed by atoms with Crippen LogP contribution in [0.3, 0.4) is 0 Å². The van der Waals surface area contributed by atoms with Crippen LogP contribution in [0.15, 0.2) is 42.5 Å². The number of nitrogens with zero attached hydrogens (tertiary/aromatic N) is 1.